The number of H-pyrrole nitrogens is 1. The van der Waals surface area contributed by atoms with Crippen LogP contribution in [0.15, 0.2) is 18.3 Å². The number of benzene rings is 1. The molecule has 1 heterocycles. The summed E-state index contributed by atoms with van der Waals surface area (Å²) in [5.41, 5.74) is 0.482. The summed E-state index contributed by atoms with van der Waals surface area (Å²) in [5, 5.41) is 10.1. The molecule has 5 heteroatoms. The molecule has 19 heavy (non-hydrogen) atoms. The van der Waals surface area contributed by atoms with Gasteiger partial charge < -0.3 is 19.6 Å². The van der Waals surface area contributed by atoms with Gasteiger partial charge in [-0.1, -0.05) is 0 Å². The average molecular weight is 263 g/mol. The SMILES string of the molecule is COc1cc(OC)c2[nH]cc(C(C)(C)C(=O)O)c2c1. The van der Waals surface area contributed by atoms with Gasteiger partial charge in [-0.15, -0.1) is 0 Å². The number of fused-ring (bicyclic) bond motifs is 1. The van der Waals surface area contributed by atoms with Crippen LogP contribution in [0.1, 0.15) is 19.4 Å². The summed E-state index contributed by atoms with van der Waals surface area (Å²) in [6, 6.07) is 3.57. The number of ether oxygens (including phenoxy) is 2. The molecule has 5 nitrogen and oxygen atoms in total. The summed E-state index contributed by atoms with van der Waals surface area (Å²) in [6.07, 6.45) is 1.71. The quantitative estimate of drug-likeness (QED) is 0.889. The molecule has 1 aromatic heterocycles. The van der Waals surface area contributed by atoms with E-state index in [1.165, 1.54) is 0 Å². The van der Waals surface area contributed by atoms with E-state index in [9.17, 15) is 9.90 Å². The Balaban J connectivity index is 2.75. The Kier molecular flexibility index (Phi) is 3.14. The Hall–Kier alpha value is -2.17. The number of methoxy groups -OCH3 is 2. The number of hydrogen-bond acceptors (Lipinski definition) is 3. The zero-order valence-corrected chi connectivity index (χ0v) is 11.4. The number of carboxylic acid groups (broad SMARTS) is 1. The molecule has 0 aliphatic rings. The van der Waals surface area contributed by atoms with Gasteiger partial charge in [0, 0.05) is 17.6 Å². The van der Waals surface area contributed by atoms with E-state index in [0.717, 1.165) is 10.9 Å². The molecule has 0 atom stereocenters. The standard InChI is InChI=1S/C14H17NO4/c1-14(2,13(16)17)10-7-15-12-9(10)5-8(18-3)6-11(12)19-4/h5-7,15H,1-4H3,(H,16,17). The Bertz CT molecular complexity index is 628. The highest BCUT2D eigenvalue weighted by molar-refractivity contribution is 5.95. The van der Waals surface area contributed by atoms with E-state index < -0.39 is 11.4 Å². The number of carboxylic acids is 1. The van der Waals surface area contributed by atoms with Crippen molar-refractivity contribution in [1.29, 1.82) is 0 Å². The van der Waals surface area contributed by atoms with Crippen molar-refractivity contribution in [3.05, 3.63) is 23.9 Å². The molecule has 2 rings (SSSR count). The predicted octanol–water partition coefficient (Wildman–Crippen LogP) is 2.55. The van der Waals surface area contributed by atoms with Crippen molar-refractivity contribution in [2.45, 2.75) is 19.3 Å². The summed E-state index contributed by atoms with van der Waals surface area (Å²) in [5.74, 6) is 0.378. The van der Waals surface area contributed by atoms with Crippen LogP contribution in [-0.2, 0) is 10.2 Å². The lowest BCUT2D eigenvalue weighted by Crippen LogP contribution is -2.28. The zero-order chi connectivity index (χ0) is 14.2. The highest BCUT2D eigenvalue weighted by Crippen LogP contribution is 2.37. The van der Waals surface area contributed by atoms with Crippen LogP contribution >= 0.6 is 0 Å². The van der Waals surface area contributed by atoms with Gasteiger partial charge in [-0.25, -0.2) is 0 Å². The van der Waals surface area contributed by atoms with Gasteiger partial charge in [0.2, 0.25) is 0 Å². The van der Waals surface area contributed by atoms with Crippen molar-refractivity contribution in [1.82, 2.24) is 4.98 Å². The summed E-state index contributed by atoms with van der Waals surface area (Å²) in [7, 11) is 3.13. The number of rotatable bonds is 4. The lowest BCUT2D eigenvalue weighted by molar-refractivity contribution is -0.142. The first-order valence-electron chi connectivity index (χ1n) is 5.88. The normalized spacial score (nSPS) is 11.6. The predicted molar refractivity (Wildman–Crippen MR) is 72.1 cm³/mol. The Morgan fingerprint density at radius 3 is 2.47 bits per heavy atom. The molecule has 0 bridgehead atoms. The molecule has 2 N–H and O–H groups in total. The molecule has 2 aromatic rings. The van der Waals surface area contributed by atoms with Gasteiger partial charge in [-0.2, -0.15) is 0 Å². The maximum atomic E-state index is 11.4. The second kappa shape index (κ2) is 4.50. The summed E-state index contributed by atoms with van der Waals surface area (Å²) in [4.78, 5) is 14.5. The molecule has 102 valence electrons. The lowest BCUT2D eigenvalue weighted by atomic mass is 9.84. The third-order valence-electron chi connectivity index (χ3n) is 3.39. The molecule has 0 aliphatic carbocycles. The largest absolute Gasteiger partial charge is 0.497 e. The number of nitrogens with one attached hydrogen (secondary N) is 1. The van der Waals surface area contributed by atoms with Crippen LogP contribution in [0, 0.1) is 0 Å². The highest BCUT2D eigenvalue weighted by Gasteiger charge is 2.32. The maximum absolute atomic E-state index is 11.4. The van der Waals surface area contributed by atoms with Crippen LogP contribution in [0.3, 0.4) is 0 Å². The molecular weight excluding hydrogens is 246 g/mol. The van der Waals surface area contributed by atoms with Crippen LogP contribution < -0.4 is 9.47 Å². The molecule has 0 aliphatic heterocycles. The van der Waals surface area contributed by atoms with E-state index in [-0.39, 0.29) is 0 Å². The van der Waals surface area contributed by atoms with E-state index >= 15 is 0 Å². The number of carbonyl (C=O) groups is 1. The molecule has 1 aromatic carbocycles. The molecule has 0 radical (unpaired) electrons. The number of aromatic nitrogens is 1. The van der Waals surface area contributed by atoms with Crippen molar-refractivity contribution in [2.75, 3.05) is 14.2 Å². The number of hydrogen-bond donors (Lipinski definition) is 2. The van der Waals surface area contributed by atoms with Crippen molar-refractivity contribution in [3.8, 4) is 11.5 Å². The van der Waals surface area contributed by atoms with Gasteiger partial charge in [-0.3, -0.25) is 4.79 Å². The minimum Gasteiger partial charge on any atom is -0.497 e. The van der Waals surface area contributed by atoms with Crippen LogP contribution in [0.4, 0.5) is 0 Å². The smallest absolute Gasteiger partial charge is 0.313 e. The summed E-state index contributed by atoms with van der Waals surface area (Å²) >= 11 is 0. The second-order valence-corrected chi connectivity index (χ2v) is 4.88. The first kappa shape index (κ1) is 13.3. The molecule has 0 amide bonds. The first-order valence-corrected chi connectivity index (χ1v) is 5.88. The zero-order valence-electron chi connectivity index (χ0n) is 11.4. The fraction of sp³-hybridized carbons (Fsp3) is 0.357. The van der Waals surface area contributed by atoms with Crippen LogP contribution in [0.2, 0.25) is 0 Å². The van der Waals surface area contributed by atoms with Crippen molar-refractivity contribution < 1.29 is 19.4 Å². The topological polar surface area (TPSA) is 71.5 Å². The number of aromatic amines is 1. The fourth-order valence-electron chi connectivity index (χ4n) is 2.08. The van der Waals surface area contributed by atoms with Gasteiger partial charge in [0.05, 0.1) is 25.2 Å². The van der Waals surface area contributed by atoms with Crippen LogP contribution in [-0.4, -0.2) is 30.3 Å². The van der Waals surface area contributed by atoms with Crippen molar-refractivity contribution in [2.24, 2.45) is 0 Å². The molecular formula is C14H17NO4. The van der Waals surface area contributed by atoms with E-state index in [4.69, 9.17) is 9.47 Å². The molecule has 0 spiro atoms. The summed E-state index contributed by atoms with van der Waals surface area (Å²) < 4.78 is 10.5. The minimum atomic E-state index is -0.990. The Morgan fingerprint density at radius 1 is 1.26 bits per heavy atom. The molecule has 0 fully saturated rings. The van der Waals surface area contributed by atoms with E-state index in [0.29, 0.717) is 17.1 Å². The second-order valence-electron chi connectivity index (χ2n) is 4.88. The molecule has 0 unspecified atom stereocenters. The summed E-state index contributed by atoms with van der Waals surface area (Å²) in [6.45, 7) is 3.34. The van der Waals surface area contributed by atoms with Gasteiger partial charge in [-0.05, 0) is 25.5 Å². The maximum Gasteiger partial charge on any atom is 0.313 e. The van der Waals surface area contributed by atoms with Gasteiger partial charge >= 0.3 is 5.97 Å². The van der Waals surface area contributed by atoms with E-state index in [1.54, 1.807) is 40.3 Å². The van der Waals surface area contributed by atoms with Crippen molar-refractivity contribution >= 4 is 16.9 Å². The lowest BCUT2D eigenvalue weighted by Gasteiger charge is -2.18. The average Bonchev–Trinajstić information content (AvgIpc) is 2.81. The monoisotopic (exact) mass is 263 g/mol. The third-order valence-corrected chi connectivity index (χ3v) is 3.39. The van der Waals surface area contributed by atoms with E-state index in [1.807, 2.05) is 6.07 Å². The molecule has 0 saturated carbocycles. The van der Waals surface area contributed by atoms with Gasteiger partial charge in [0.1, 0.15) is 11.5 Å². The van der Waals surface area contributed by atoms with Crippen molar-refractivity contribution in [3.63, 3.8) is 0 Å². The van der Waals surface area contributed by atoms with E-state index in [2.05, 4.69) is 4.98 Å². The fourth-order valence-corrected chi connectivity index (χ4v) is 2.08. The Morgan fingerprint density at radius 2 is 1.95 bits per heavy atom. The van der Waals surface area contributed by atoms with Gasteiger partial charge in [0.25, 0.3) is 0 Å². The minimum absolute atomic E-state index is 0.627. The third kappa shape index (κ3) is 2.01. The highest BCUT2D eigenvalue weighted by atomic mass is 16.5. The molecule has 0 saturated heterocycles. The Labute approximate surface area is 111 Å². The first-order chi connectivity index (χ1) is 8.91. The van der Waals surface area contributed by atoms with Crippen LogP contribution in [0.5, 0.6) is 11.5 Å². The van der Waals surface area contributed by atoms with Gasteiger partial charge in [0.15, 0.2) is 0 Å². The van der Waals surface area contributed by atoms with Crippen LogP contribution in [0.25, 0.3) is 10.9 Å². The number of aliphatic carboxylic acids is 1.